The summed E-state index contributed by atoms with van der Waals surface area (Å²) in [7, 11) is 0. The van der Waals surface area contributed by atoms with Gasteiger partial charge in [0.1, 0.15) is 5.76 Å². The maximum atomic E-state index is 11.8. The van der Waals surface area contributed by atoms with Crippen molar-refractivity contribution in [3.63, 3.8) is 0 Å². The highest BCUT2D eigenvalue weighted by molar-refractivity contribution is 5.94. The molecule has 3 rings (SSSR count). The molecule has 1 aromatic heterocycles. The van der Waals surface area contributed by atoms with Crippen LogP contribution in [0.5, 0.6) is 0 Å². The average Bonchev–Trinajstić information content (AvgIpc) is 3.05. The standard InChI is InChI=1S/C17H19N3O2/c21-17(14-7-3-1-4-8-14)19-18-13-15-9-10-16(22-15)20-11-5-2-6-12-20/h1,3-4,7-10,13H,2,5-6,11-12H2,(H,19,21)/b18-13+. The summed E-state index contributed by atoms with van der Waals surface area (Å²) < 4.78 is 5.74. The molecule has 5 heteroatoms. The van der Waals surface area contributed by atoms with Crippen molar-refractivity contribution in [2.45, 2.75) is 19.3 Å². The molecule has 1 aliphatic rings. The number of hydrogen-bond donors (Lipinski definition) is 1. The van der Waals surface area contributed by atoms with Crippen LogP contribution < -0.4 is 10.3 Å². The predicted octanol–water partition coefficient (Wildman–Crippen LogP) is 3.03. The zero-order chi connectivity index (χ0) is 15.2. The van der Waals surface area contributed by atoms with E-state index in [4.69, 9.17) is 4.42 Å². The van der Waals surface area contributed by atoms with Gasteiger partial charge in [0.05, 0.1) is 6.21 Å². The van der Waals surface area contributed by atoms with Gasteiger partial charge in [-0.25, -0.2) is 5.43 Å². The highest BCUT2D eigenvalue weighted by atomic mass is 16.4. The molecule has 0 unspecified atom stereocenters. The number of carbonyl (C=O) groups is 1. The lowest BCUT2D eigenvalue weighted by atomic mass is 10.1. The number of amides is 1. The number of carbonyl (C=O) groups excluding carboxylic acids is 1. The van der Waals surface area contributed by atoms with Gasteiger partial charge >= 0.3 is 0 Å². The predicted molar refractivity (Wildman–Crippen MR) is 86.3 cm³/mol. The van der Waals surface area contributed by atoms with Crippen LogP contribution in [0.2, 0.25) is 0 Å². The van der Waals surface area contributed by atoms with E-state index >= 15 is 0 Å². The summed E-state index contributed by atoms with van der Waals surface area (Å²) in [5.74, 6) is 1.27. The van der Waals surface area contributed by atoms with Crippen LogP contribution in [-0.2, 0) is 0 Å². The fourth-order valence-electron chi connectivity index (χ4n) is 2.50. The first-order valence-corrected chi connectivity index (χ1v) is 7.56. The van der Waals surface area contributed by atoms with E-state index in [9.17, 15) is 4.79 Å². The van der Waals surface area contributed by atoms with Crippen LogP contribution in [0.1, 0.15) is 35.4 Å². The minimum atomic E-state index is -0.236. The second-order valence-electron chi connectivity index (χ2n) is 5.29. The van der Waals surface area contributed by atoms with Gasteiger partial charge in [0.15, 0.2) is 5.88 Å². The Morgan fingerprint density at radius 2 is 1.86 bits per heavy atom. The van der Waals surface area contributed by atoms with Crippen molar-refractivity contribution in [2.24, 2.45) is 5.10 Å². The number of nitrogens with one attached hydrogen (secondary N) is 1. The van der Waals surface area contributed by atoms with E-state index in [2.05, 4.69) is 15.4 Å². The van der Waals surface area contributed by atoms with Gasteiger partial charge < -0.3 is 9.32 Å². The molecule has 0 radical (unpaired) electrons. The average molecular weight is 297 g/mol. The number of anilines is 1. The fourth-order valence-corrected chi connectivity index (χ4v) is 2.50. The highest BCUT2D eigenvalue weighted by Crippen LogP contribution is 2.21. The third-order valence-corrected chi connectivity index (χ3v) is 3.67. The van der Waals surface area contributed by atoms with Crippen LogP contribution in [0.15, 0.2) is 52.0 Å². The molecule has 1 aliphatic heterocycles. The zero-order valence-electron chi connectivity index (χ0n) is 12.4. The van der Waals surface area contributed by atoms with Crippen LogP contribution in [0.4, 0.5) is 5.88 Å². The van der Waals surface area contributed by atoms with Crippen molar-refractivity contribution in [1.82, 2.24) is 5.43 Å². The highest BCUT2D eigenvalue weighted by Gasteiger charge is 2.13. The van der Waals surface area contributed by atoms with E-state index in [0.717, 1.165) is 19.0 Å². The van der Waals surface area contributed by atoms with Crippen molar-refractivity contribution in [3.8, 4) is 0 Å². The van der Waals surface area contributed by atoms with Crippen molar-refractivity contribution >= 4 is 18.0 Å². The lowest BCUT2D eigenvalue weighted by Gasteiger charge is -2.25. The van der Waals surface area contributed by atoms with Crippen molar-refractivity contribution in [3.05, 3.63) is 53.8 Å². The molecular weight excluding hydrogens is 278 g/mol. The Morgan fingerprint density at radius 3 is 2.64 bits per heavy atom. The number of benzene rings is 1. The molecule has 22 heavy (non-hydrogen) atoms. The summed E-state index contributed by atoms with van der Waals surface area (Å²) in [4.78, 5) is 14.1. The van der Waals surface area contributed by atoms with Crippen LogP contribution in [0.25, 0.3) is 0 Å². The fraction of sp³-hybridized carbons (Fsp3) is 0.294. The van der Waals surface area contributed by atoms with Gasteiger partial charge in [-0.05, 0) is 37.5 Å². The Labute approximate surface area is 129 Å². The Morgan fingerprint density at radius 1 is 1.09 bits per heavy atom. The van der Waals surface area contributed by atoms with Crippen molar-refractivity contribution in [2.75, 3.05) is 18.0 Å². The molecule has 0 bridgehead atoms. The quantitative estimate of drug-likeness (QED) is 0.697. The minimum Gasteiger partial charge on any atom is -0.440 e. The van der Waals surface area contributed by atoms with Gasteiger partial charge in [-0.1, -0.05) is 18.2 Å². The number of hydrogen-bond acceptors (Lipinski definition) is 4. The Hall–Kier alpha value is -2.56. The third-order valence-electron chi connectivity index (χ3n) is 3.67. The molecule has 0 spiro atoms. The largest absolute Gasteiger partial charge is 0.440 e. The molecule has 5 nitrogen and oxygen atoms in total. The maximum absolute atomic E-state index is 11.8. The molecule has 0 atom stereocenters. The van der Waals surface area contributed by atoms with Crippen molar-refractivity contribution < 1.29 is 9.21 Å². The van der Waals surface area contributed by atoms with Gasteiger partial charge in [-0.2, -0.15) is 5.10 Å². The summed E-state index contributed by atoms with van der Waals surface area (Å²) in [5.41, 5.74) is 3.07. The van der Waals surface area contributed by atoms with Crippen LogP contribution in [0, 0.1) is 0 Å². The summed E-state index contributed by atoms with van der Waals surface area (Å²) in [6, 6.07) is 12.8. The van der Waals surface area contributed by atoms with Crippen LogP contribution >= 0.6 is 0 Å². The molecule has 1 aromatic carbocycles. The summed E-state index contributed by atoms with van der Waals surface area (Å²) >= 11 is 0. The number of nitrogens with zero attached hydrogens (tertiary/aromatic N) is 2. The normalized spacial score (nSPS) is 15.2. The zero-order valence-corrected chi connectivity index (χ0v) is 12.4. The summed E-state index contributed by atoms with van der Waals surface area (Å²) in [6.45, 7) is 2.07. The number of piperidine rings is 1. The summed E-state index contributed by atoms with van der Waals surface area (Å²) in [6.07, 6.45) is 5.22. The molecule has 114 valence electrons. The SMILES string of the molecule is O=C(N/N=C/c1ccc(N2CCCCC2)o1)c1ccccc1. The maximum Gasteiger partial charge on any atom is 0.271 e. The van der Waals surface area contributed by atoms with E-state index in [1.165, 1.54) is 25.5 Å². The minimum absolute atomic E-state index is 0.236. The molecule has 1 saturated heterocycles. The Bertz CT molecular complexity index is 643. The lowest BCUT2D eigenvalue weighted by molar-refractivity contribution is 0.0955. The van der Waals surface area contributed by atoms with E-state index < -0.39 is 0 Å². The van der Waals surface area contributed by atoms with Gasteiger partial charge in [-0.15, -0.1) is 0 Å². The van der Waals surface area contributed by atoms with Crippen LogP contribution in [-0.4, -0.2) is 25.2 Å². The van der Waals surface area contributed by atoms with Gasteiger partial charge in [0.25, 0.3) is 5.91 Å². The molecule has 2 heterocycles. The van der Waals surface area contributed by atoms with Crippen molar-refractivity contribution in [1.29, 1.82) is 0 Å². The molecule has 1 fully saturated rings. The first-order valence-electron chi connectivity index (χ1n) is 7.56. The van der Waals surface area contributed by atoms with Gasteiger partial charge in [0, 0.05) is 24.7 Å². The lowest BCUT2D eigenvalue weighted by Crippen LogP contribution is -2.28. The molecule has 2 aromatic rings. The van der Waals surface area contributed by atoms with E-state index in [-0.39, 0.29) is 5.91 Å². The smallest absolute Gasteiger partial charge is 0.271 e. The third kappa shape index (κ3) is 3.55. The number of furan rings is 1. The second kappa shape index (κ2) is 6.93. The Balaban J connectivity index is 1.57. The monoisotopic (exact) mass is 297 g/mol. The van der Waals surface area contributed by atoms with Crippen LogP contribution in [0.3, 0.4) is 0 Å². The van der Waals surface area contributed by atoms with Gasteiger partial charge in [0.2, 0.25) is 0 Å². The first-order chi connectivity index (χ1) is 10.8. The van der Waals surface area contributed by atoms with E-state index in [0.29, 0.717) is 11.3 Å². The summed E-state index contributed by atoms with van der Waals surface area (Å²) in [5, 5.41) is 3.94. The van der Waals surface area contributed by atoms with E-state index in [1.54, 1.807) is 12.1 Å². The molecule has 1 N–H and O–H groups in total. The molecule has 0 saturated carbocycles. The van der Waals surface area contributed by atoms with Gasteiger partial charge in [-0.3, -0.25) is 4.79 Å². The topological polar surface area (TPSA) is 57.8 Å². The molecule has 0 aliphatic carbocycles. The number of rotatable bonds is 4. The first kappa shape index (κ1) is 14.4. The molecule has 1 amide bonds. The Kier molecular flexibility index (Phi) is 4.53. The number of hydrazone groups is 1. The second-order valence-corrected chi connectivity index (χ2v) is 5.29. The molecular formula is C17H19N3O2. The van der Waals surface area contributed by atoms with E-state index in [1.807, 2.05) is 30.3 Å².